The van der Waals surface area contributed by atoms with Crippen LogP contribution in [-0.2, 0) is 7.05 Å². The van der Waals surface area contributed by atoms with Gasteiger partial charge in [-0.15, -0.1) is 0 Å². The Bertz CT molecular complexity index is 1630. The predicted octanol–water partition coefficient (Wildman–Crippen LogP) is 4.18. The molecule has 0 saturated carbocycles. The van der Waals surface area contributed by atoms with E-state index in [9.17, 15) is 19.8 Å². The second-order valence-corrected chi connectivity index (χ2v) is 8.15. The zero-order valence-electron chi connectivity index (χ0n) is 18.6. The van der Waals surface area contributed by atoms with Crippen LogP contribution in [0.5, 0.6) is 11.5 Å². The minimum Gasteiger partial charge on any atom is -0.508 e. The van der Waals surface area contributed by atoms with Crippen molar-refractivity contribution in [1.29, 1.82) is 0 Å². The highest BCUT2D eigenvalue weighted by Crippen LogP contribution is 2.38. The largest absolute Gasteiger partial charge is 0.508 e. The molecule has 3 aromatic carbocycles. The average molecular weight is 454 g/mol. The Morgan fingerprint density at radius 1 is 0.824 bits per heavy atom. The number of rotatable bonds is 4. The summed E-state index contributed by atoms with van der Waals surface area (Å²) in [6.45, 7) is 1.79. The molecule has 7 heteroatoms. The Balaban J connectivity index is 1.87. The van der Waals surface area contributed by atoms with Crippen LogP contribution in [0.25, 0.3) is 16.7 Å². The number of hydrogen-bond donors (Lipinski definition) is 2. The van der Waals surface area contributed by atoms with Gasteiger partial charge in [0, 0.05) is 12.7 Å². The average Bonchev–Trinajstić information content (AvgIpc) is 3.06. The third-order valence-corrected chi connectivity index (χ3v) is 6.22. The monoisotopic (exact) mass is 454 g/mol. The lowest BCUT2D eigenvalue weighted by Crippen LogP contribution is -2.24. The lowest BCUT2D eigenvalue weighted by Gasteiger charge is -2.18. The smallest absolute Gasteiger partial charge is 0.344 e. The summed E-state index contributed by atoms with van der Waals surface area (Å²) in [6, 6.07) is 22.1. The van der Waals surface area contributed by atoms with Crippen molar-refractivity contribution < 1.29 is 14.6 Å². The van der Waals surface area contributed by atoms with Crippen molar-refractivity contribution in [3.8, 4) is 17.2 Å². The maximum Gasteiger partial charge on any atom is 0.344 e. The van der Waals surface area contributed by atoms with Gasteiger partial charge >= 0.3 is 5.63 Å². The van der Waals surface area contributed by atoms with E-state index in [2.05, 4.69) is 0 Å². The number of hydrogen-bond acceptors (Lipinski definition) is 5. The van der Waals surface area contributed by atoms with Crippen LogP contribution in [0.4, 0.5) is 0 Å². The Kier molecular flexibility index (Phi) is 5.09. The van der Waals surface area contributed by atoms with Crippen molar-refractivity contribution in [1.82, 2.24) is 9.36 Å². The van der Waals surface area contributed by atoms with Crippen LogP contribution >= 0.6 is 0 Å². The van der Waals surface area contributed by atoms with E-state index in [0.29, 0.717) is 27.9 Å². The van der Waals surface area contributed by atoms with E-state index in [1.165, 1.54) is 16.8 Å². The van der Waals surface area contributed by atoms with Crippen molar-refractivity contribution in [2.45, 2.75) is 12.8 Å². The number of benzene rings is 3. The van der Waals surface area contributed by atoms with Gasteiger partial charge in [-0.3, -0.25) is 9.48 Å². The molecule has 5 rings (SSSR count). The van der Waals surface area contributed by atoms with Crippen LogP contribution in [0.15, 0.2) is 92.9 Å². The minimum absolute atomic E-state index is 0.0320. The summed E-state index contributed by atoms with van der Waals surface area (Å²) in [5, 5.41) is 21.4. The summed E-state index contributed by atoms with van der Waals surface area (Å²) in [7, 11) is 1.77. The molecule has 0 amide bonds. The number of fused-ring (bicyclic) bond motifs is 1. The predicted molar refractivity (Wildman–Crippen MR) is 129 cm³/mol. The molecule has 0 spiro atoms. The van der Waals surface area contributed by atoms with E-state index in [0.717, 1.165) is 0 Å². The van der Waals surface area contributed by atoms with Crippen LogP contribution in [0, 0.1) is 6.92 Å². The quantitative estimate of drug-likeness (QED) is 0.397. The van der Waals surface area contributed by atoms with Gasteiger partial charge < -0.3 is 14.6 Å². The Morgan fingerprint density at radius 2 is 1.47 bits per heavy atom. The molecular formula is C27H22N2O5. The minimum atomic E-state index is -0.926. The topological polar surface area (TPSA) is 97.6 Å². The number of nitrogens with zero attached hydrogens (tertiary/aromatic N) is 2. The zero-order chi connectivity index (χ0) is 24.0. The van der Waals surface area contributed by atoms with E-state index >= 15 is 0 Å². The fourth-order valence-corrected chi connectivity index (χ4v) is 4.47. The van der Waals surface area contributed by atoms with Gasteiger partial charge in [-0.2, -0.15) is 0 Å². The van der Waals surface area contributed by atoms with Gasteiger partial charge in [0.2, 0.25) is 0 Å². The highest BCUT2D eigenvalue weighted by Gasteiger charge is 2.32. The highest BCUT2D eigenvalue weighted by molar-refractivity contribution is 5.84. The molecule has 2 aromatic heterocycles. The van der Waals surface area contributed by atoms with Crippen molar-refractivity contribution in [3.05, 3.63) is 122 Å². The van der Waals surface area contributed by atoms with E-state index in [1.54, 1.807) is 55.1 Å². The lowest BCUT2D eigenvalue weighted by atomic mass is 9.85. The third kappa shape index (κ3) is 3.29. The van der Waals surface area contributed by atoms with Crippen LogP contribution in [0.3, 0.4) is 0 Å². The van der Waals surface area contributed by atoms with Crippen LogP contribution in [0.1, 0.15) is 28.3 Å². The molecular weight excluding hydrogens is 432 g/mol. The van der Waals surface area contributed by atoms with Gasteiger partial charge in [0.05, 0.1) is 28.1 Å². The summed E-state index contributed by atoms with van der Waals surface area (Å²) in [5.74, 6) is -1.12. The number of phenols is 1. The number of aromatic nitrogens is 2. The first-order chi connectivity index (χ1) is 16.4. The Morgan fingerprint density at radius 3 is 2.18 bits per heavy atom. The lowest BCUT2D eigenvalue weighted by molar-refractivity contribution is 0.455. The molecule has 0 unspecified atom stereocenters. The van der Waals surface area contributed by atoms with Crippen LogP contribution in [0.2, 0.25) is 0 Å². The normalized spacial score (nSPS) is 12.2. The first-order valence-electron chi connectivity index (χ1n) is 10.8. The van der Waals surface area contributed by atoms with Gasteiger partial charge in [0.15, 0.2) is 0 Å². The Labute approximate surface area is 194 Å². The van der Waals surface area contributed by atoms with Crippen molar-refractivity contribution in [2.24, 2.45) is 7.05 Å². The molecule has 0 saturated heterocycles. The molecule has 0 bridgehead atoms. The second-order valence-electron chi connectivity index (χ2n) is 8.15. The molecule has 0 aliphatic rings. The summed E-state index contributed by atoms with van der Waals surface area (Å²) >= 11 is 0. The maximum atomic E-state index is 13.8. The summed E-state index contributed by atoms with van der Waals surface area (Å²) in [4.78, 5) is 27.0. The first-order valence-corrected chi connectivity index (χ1v) is 10.8. The summed E-state index contributed by atoms with van der Waals surface area (Å²) in [6.07, 6.45) is 0. The van der Waals surface area contributed by atoms with Crippen molar-refractivity contribution in [2.75, 3.05) is 0 Å². The first kappa shape index (κ1) is 21.3. The molecule has 0 aliphatic carbocycles. The standard InChI is InChI=1S/C27H22N2O5/c1-16-22(26(32)29(28(16)2)18-8-4-3-5-9-18)23(17-12-14-19(30)15-13-17)24-25(31)20-10-6-7-11-21(20)34-27(24)33/h3-15,23,30-31H,1-2H3/t23-/m0/s1. The number of para-hydroxylation sites is 2. The third-order valence-electron chi connectivity index (χ3n) is 6.22. The van der Waals surface area contributed by atoms with Crippen molar-refractivity contribution >= 4 is 11.0 Å². The maximum absolute atomic E-state index is 13.8. The van der Waals surface area contributed by atoms with Gasteiger partial charge in [-0.1, -0.05) is 42.5 Å². The van der Waals surface area contributed by atoms with E-state index in [4.69, 9.17) is 4.42 Å². The number of phenolic OH excluding ortho intramolecular Hbond substituents is 1. The number of aromatic hydroxyl groups is 2. The molecule has 2 N–H and O–H groups in total. The summed E-state index contributed by atoms with van der Waals surface area (Å²) in [5.41, 5.74) is 1.35. The SMILES string of the molecule is Cc1c([C@H](c2ccc(O)cc2)c2c(O)c3ccccc3oc2=O)c(=O)n(-c2ccccc2)n1C. The van der Waals surface area contributed by atoms with E-state index < -0.39 is 11.5 Å². The van der Waals surface area contributed by atoms with Gasteiger partial charge in [-0.05, 0) is 48.9 Å². The molecule has 0 fully saturated rings. The summed E-state index contributed by atoms with van der Waals surface area (Å²) < 4.78 is 8.79. The van der Waals surface area contributed by atoms with Gasteiger partial charge in [0.25, 0.3) is 5.56 Å². The van der Waals surface area contributed by atoms with Crippen LogP contribution in [-0.4, -0.2) is 19.6 Å². The molecule has 2 heterocycles. The Hall–Kier alpha value is -4.52. The molecule has 7 nitrogen and oxygen atoms in total. The molecule has 0 aliphatic heterocycles. The molecule has 5 aromatic rings. The molecule has 34 heavy (non-hydrogen) atoms. The van der Waals surface area contributed by atoms with E-state index in [-0.39, 0.29) is 28.2 Å². The molecule has 0 radical (unpaired) electrons. The highest BCUT2D eigenvalue weighted by atomic mass is 16.4. The molecule has 1 atom stereocenters. The zero-order valence-corrected chi connectivity index (χ0v) is 18.6. The second kappa shape index (κ2) is 8.12. The van der Waals surface area contributed by atoms with E-state index in [1.807, 2.05) is 30.3 Å². The van der Waals surface area contributed by atoms with Gasteiger partial charge in [0.1, 0.15) is 17.1 Å². The van der Waals surface area contributed by atoms with Crippen LogP contribution < -0.4 is 11.2 Å². The fraction of sp³-hybridized carbons (Fsp3) is 0.111. The van der Waals surface area contributed by atoms with Crippen molar-refractivity contribution in [3.63, 3.8) is 0 Å². The van der Waals surface area contributed by atoms with Gasteiger partial charge in [-0.25, -0.2) is 9.48 Å². The fourth-order valence-electron chi connectivity index (χ4n) is 4.47. The molecule has 170 valence electrons.